The zero-order valence-corrected chi connectivity index (χ0v) is 27.8. The third kappa shape index (κ3) is 7.47. The Morgan fingerprint density at radius 1 is 1.29 bits per heavy atom. The highest BCUT2D eigenvalue weighted by atomic mass is 32.1. The third-order valence-electron chi connectivity index (χ3n) is 8.63. The van der Waals surface area contributed by atoms with E-state index < -0.39 is 11.6 Å². The molecule has 3 heterocycles. The molecule has 1 aromatic heterocycles. The van der Waals surface area contributed by atoms with Crippen LogP contribution in [0.1, 0.15) is 83.5 Å². The van der Waals surface area contributed by atoms with Crippen molar-refractivity contribution >= 4 is 39.7 Å². The predicted molar refractivity (Wildman–Crippen MR) is 178 cm³/mol. The number of ether oxygens (including phenoxy) is 2. The fraction of sp³-hybridized carbons (Fsp3) is 0.559. The molecule has 5 rings (SSSR count). The highest BCUT2D eigenvalue weighted by molar-refractivity contribution is 7.13. The number of likely N-dealkylation sites (tertiary alicyclic amines) is 1. The molecule has 3 aliphatic rings. The average Bonchev–Trinajstić information content (AvgIpc) is 3.31. The van der Waals surface area contributed by atoms with Gasteiger partial charge in [0.15, 0.2) is 5.13 Å². The number of anilines is 2. The Kier molecular flexibility index (Phi) is 10.4. The van der Waals surface area contributed by atoms with Gasteiger partial charge in [-0.15, -0.1) is 11.3 Å². The molecule has 45 heavy (non-hydrogen) atoms. The predicted octanol–water partition coefficient (Wildman–Crippen LogP) is 5.49. The lowest BCUT2D eigenvalue weighted by Gasteiger charge is -2.27. The number of nitrogens with zero attached hydrogens (tertiary/aromatic N) is 2. The standard InChI is InChI=1S/C34H47N5O5S/c1-6-8-9-11-22-17-34(22,20-40)38-32(42)29-15-24(18-39(29)31(41)10-7-2)44-30-16-27(28-19-45-33(37-28)35-21(3)4)36-26-14-23(43-5)12-13-25(26)30/h9,11-14,16,19,21-22,24,27,29,36,40H,6-8,10,15,17-18,20H2,1-5H3,(H,35,37)(H,38,42)/b11-9-/t22-,24-,27?,29+,34+/m1/s1. The molecule has 1 unspecified atom stereocenters. The van der Waals surface area contributed by atoms with Gasteiger partial charge in [0.2, 0.25) is 11.8 Å². The van der Waals surface area contributed by atoms with E-state index in [-0.39, 0.29) is 42.5 Å². The topological polar surface area (TPSA) is 125 Å². The maximum Gasteiger partial charge on any atom is 0.243 e. The summed E-state index contributed by atoms with van der Waals surface area (Å²) >= 11 is 1.56. The molecule has 1 saturated carbocycles. The van der Waals surface area contributed by atoms with Gasteiger partial charge in [-0.05, 0) is 51.3 Å². The van der Waals surface area contributed by atoms with Crippen LogP contribution in [-0.2, 0) is 14.3 Å². The summed E-state index contributed by atoms with van der Waals surface area (Å²) in [6.07, 6.45) is 9.96. The normalized spacial score (nSPS) is 25.5. The number of thiazole rings is 1. The van der Waals surface area contributed by atoms with Gasteiger partial charge in [-0.1, -0.05) is 32.4 Å². The summed E-state index contributed by atoms with van der Waals surface area (Å²) in [6, 6.07) is 5.14. The number of hydrogen-bond acceptors (Lipinski definition) is 9. The number of rotatable bonds is 14. The molecule has 5 atom stereocenters. The minimum Gasteiger partial charge on any atom is -0.497 e. The summed E-state index contributed by atoms with van der Waals surface area (Å²) in [6.45, 7) is 8.41. The van der Waals surface area contributed by atoms with Crippen LogP contribution < -0.4 is 20.7 Å². The lowest BCUT2D eigenvalue weighted by molar-refractivity contribution is -0.139. The molecule has 10 nitrogen and oxygen atoms in total. The van der Waals surface area contributed by atoms with Gasteiger partial charge >= 0.3 is 0 Å². The molecule has 0 radical (unpaired) electrons. The molecule has 0 spiro atoms. The second kappa shape index (κ2) is 14.2. The summed E-state index contributed by atoms with van der Waals surface area (Å²) < 4.78 is 12.2. The summed E-state index contributed by atoms with van der Waals surface area (Å²) in [5, 5.41) is 23.1. The molecular formula is C34H47N5O5S. The van der Waals surface area contributed by atoms with E-state index in [1.807, 2.05) is 36.6 Å². The van der Waals surface area contributed by atoms with Gasteiger partial charge in [0, 0.05) is 47.5 Å². The van der Waals surface area contributed by atoms with Gasteiger partial charge in [-0.2, -0.15) is 0 Å². The van der Waals surface area contributed by atoms with Gasteiger partial charge in [0.25, 0.3) is 0 Å². The van der Waals surface area contributed by atoms with E-state index >= 15 is 0 Å². The van der Waals surface area contributed by atoms with Crippen molar-refractivity contribution in [3.05, 3.63) is 53.1 Å². The minimum atomic E-state index is -0.671. The molecule has 4 N–H and O–H groups in total. The molecule has 1 aromatic carbocycles. The molecule has 2 aliphatic heterocycles. The maximum atomic E-state index is 13.7. The van der Waals surface area contributed by atoms with Crippen LogP contribution in [0.2, 0.25) is 0 Å². The monoisotopic (exact) mass is 637 g/mol. The van der Waals surface area contributed by atoms with Crippen LogP contribution in [0.3, 0.4) is 0 Å². The number of carbonyl (C=O) groups is 2. The molecule has 0 bridgehead atoms. The summed E-state index contributed by atoms with van der Waals surface area (Å²) in [4.78, 5) is 33.5. The van der Waals surface area contributed by atoms with E-state index in [9.17, 15) is 14.7 Å². The Bertz CT molecular complexity index is 1420. The highest BCUT2D eigenvalue weighted by Crippen LogP contribution is 2.45. The van der Waals surface area contributed by atoms with Gasteiger partial charge in [0.05, 0.1) is 37.5 Å². The lowest BCUT2D eigenvalue weighted by Crippen LogP contribution is -2.51. The van der Waals surface area contributed by atoms with Crippen LogP contribution in [0.5, 0.6) is 5.75 Å². The van der Waals surface area contributed by atoms with E-state index in [1.165, 1.54) is 0 Å². The van der Waals surface area contributed by atoms with Gasteiger partial charge in [0.1, 0.15) is 23.7 Å². The summed E-state index contributed by atoms with van der Waals surface area (Å²) in [5.41, 5.74) is 1.93. The lowest BCUT2D eigenvalue weighted by atomic mass is 10.0. The molecular weight excluding hydrogens is 590 g/mol. The second-order valence-electron chi connectivity index (χ2n) is 12.6. The van der Waals surface area contributed by atoms with Crippen molar-refractivity contribution in [1.82, 2.24) is 15.2 Å². The van der Waals surface area contributed by atoms with E-state index in [1.54, 1.807) is 23.3 Å². The molecule has 244 valence electrons. The Labute approximate surface area is 270 Å². The third-order valence-corrected chi connectivity index (χ3v) is 9.42. The zero-order valence-electron chi connectivity index (χ0n) is 27.0. The van der Waals surface area contributed by atoms with Crippen LogP contribution in [-0.4, -0.2) is 70.8 Å². The Hall–Kier alpha value is -3.57. The Morgan fingerprint density at radius 3 is 2.82 bits per heavy atom. The SMILES string of the molecule is CCC/C=C\[C@@H]1C[C@@]1(CO)NC(=O)[C@@H]1C[C@@H](OC2=CC(c3csc(NC(C)C)n3)Nc3cc(OC)ccc32)CN1C(=O)CCC. The number of allylic oxidation sites excluding steroid dienone is 1. The van der Waals surface area contributed by atoms with Crippen LogP contribution >= 0.6 is 11.3 Å². The van der Waals surface area contributed by atoms with Crippen molar-refractivity contribution in [2.75, 3.05) is 30.9 Å². The molecule has 11 heteroatoms. The van der Waals surface area contributed by atoms with Crippen LogP contribution in [0.4, 0.5) is 10.8 Å². The van der Waals surface area contributed by atoms with E-state index in [0.717, 1.165) is 40.7 Å². The van der Waals surface area contributed by atoms with Crippen molar-refractivity contribution in [3.8, 4) is 5.75 Å². The van der Waals surface area contributed by atoms with E-state index in [0.29, 0.717) is 38.0 Å². The Balaban J connectivity index is 1.37. The molecule has 1 saturated heterocycles. The number of aromatic nitrogens is 1. The van der Waals surface area contributed by atoms with E-state index in [4.69, 9.17) is 14.5 Å². The number of nitrogens with one attached hydrogen (secondary N) is 3. The number of carbonyl (C=O) groups excluding carboxylic acids is 2. The van der Waals surface area contributed by atoms with Crippen LogP contribution in [0.15, 0.2) is 41.8 Å². The Morgan fingerprint density at radius 2 is 2.11 bits per heavy atom. The van der Waals surface area contributed by atoms with E-state index in [2.05, 4.69) is 48.9 Å². The fourth-order valence-corrected chi connectivity index (χ4v) is 6.98. The van der Waals surface area contributed by atoms with Crippen molar-refractivity contribution in [1.29, 1.82) is 0 Å². The minimum absolute atomic E-state index is 0.0630. The number of benzene rings is 1. The number of hydrogen-bond donors (Lipinski definition) is 4. The first-order chi connectivity index (χ1) is 21.7. The molecule has 2 fully saturated rings. The van der Waals surface area contributed by atoms with Gasteiger partial charge < -0.3 is 35.4 Å². The van der Waals surface area contributed by atoms with Crippen LogP contribution in [0, 0.1) is 5.92 Å². The summed E-state index contributed by atoms with van der Waals surface area (Å²) in [7, 11) is 1.64. The maximum absolute atomic E-state index is 13.7. The quantitative estimate of drug-likeness (QED) is 0.201. The van der Waals surface area contributed by atoms with Gasteiger partial charge in [-0.25, -0.2) is 4.98 Å². The van der Waals surface area contributed by atoms with Gasteiger partial charge in [-0.3, -0.25) is 9.59 Å². The van der Waals surface area contributed by atoms with Crippen molar-refractivity contribution in [3.63, 3.8) is 0 Å². The number of aliphatic hydroxyl groups is 1. The fourth-order valence-electron chi connectivity index (χ4n) is 6.09. The average molecular weight is 638 g/mol. The first kappa shape index (κ1) is 32.8. The second-order valence-corrected chi connectivity index (χ2v) is 13.4. The number of methoxy groups -OCH3 is 1. The first-order valence-corrected chi connectivity index (χ1v) is 17.0. The molecule has 1 aliphatic carbocycles. The first-order valence-electron chi connectivity index (χ1n) is 16.1. The number of amides is 2. The largest absolute Gasteiger partial charge is 0.497 e. The summed E-state index contributed by atoms with van der Waals surface area (Å²) in [5.74, 6) is 1.19. The highest BCUT2D eigenvalue weighted by Gasteiger charge is 2.55. The number of aliphatic hydroxyl groups excluding tert-OH is 1. The molecule has 2 aromatic rings. The zero-order chi connectivity index (χ0) is 32.1. The van der Waals surface area contributed by atoms with Crippen LogP contribution in [0.25, 0.3) is 5.76 Å². The number of fused-ring (bicyclic) bond motifs is 1. The van der Waals surface area contributed by atoms with Crippen molar-refractivity contribution in [2.45, 2.75) is 96.0 Å². The molecule has 2 amide bonds. The van der Waals surface area contributed by atoms with Crippen molar-refractivity contribution < 1.29 is 24.2 Å². The van der Waals surface area contributed by atoms with Crippen molar-refractivity contribution in [2.24, 2.45) is 5.92 Å². The number of unbranched alkanes of at least 4 members (excludes halogenated alkanes) is 1. The smallest absolute Gasteiger partial charge is 0.243 e.